The third-order valence-electron chi connectivity index (χ3n) is 3.40. The van der Waals surface area contributed by atoms with Crippen molar-refractivity contribution in [3.05, 3.63) is 65.4 Å². The van der Waals surface area contributed by atoms with Crippen molar-refractivity contribution in [1.82, 2.24) is 14.9 Å². The first-order valence-corrected chi connectivity index (χ1v) is 7.05. The molecule has 0 saturated carbocycles. The van der Waals surface area contributed by atoms with Crippen molar-refractivity contribution in [2.24, 2.45) is 0 Å². The molecule has 0 atom stereocenters. The lowest BCUT2D eigenvalue weighted by Gasteiger charge is -2.12. The summed E-state index contributed by atoms with van der Waals surface area (Å²) in [7, 11) is 4.03. The maximum atomic E-state index is 13.1. The molecule has 0 bridgehead atoms. The van der Waals surface area contributed by atoms with Gasteiger partial charge in [-0.1, -0.05) is 18.1 Å². The Labute approximate surface area is 128 Å². The largest absolute Gasteiger partial charge is 0.378 e. The maximum Gasteiger partial charge on any atom is 0.214 e. The molecule has 22 heavy (non-hydrogen) atoms. The van der Waals surface area contributed by atoms with Crippen LogP contribution in [0.3, 0.4) is 0 Å². The van der Waals surface area contributed by atoms with Gasteiger partial charge in [-0.3, -0.25) is 0 Å². The van der Waals surface area contributed by atoms with Crippen LogP contribution in [-0.2, 0) is 0 Å². The minimum atomic E-state index is -0.495. The summed E-state index contributed by atoms with van der Waals surface area (Å²) in [5.74, 6) is 5.71. The monoisotopic (exact) mass is 293 g/mol. The molecule has 0 amide bonds. The normalized spacial score (nSPS) is 14.0. The van der Waals surface area contributed by atoms with E-state index in [9.17, 15) is 4.39 Å². The molecule has 0 spiro atoms. The SMILES string of the molecule is CN(C)C1=CCC=C(C#Cc2cc3ccc(F)nc3[nH]2)C=C1. The van der Waals surface area contributed by atoms with Crippen LogP contribution in [0.5, 0.6) is 0 Å². The Balaban J connectivity index is 1.83. The van der Waals surface area contributed by atoms with E-state index in [0.717, 1.165) is 23.1 Å². The fourth-order valence-corrected chi connectivity index (χ4v) is 2.23. The lowest BCUT2D eigenvalue weighted by atomic mass is 10.2. The van der Waals surface area contributed by atoms with Gasteiger partial charge in [-0.05, 0) is 42.7 Å². The van der Waals surface area contributed by atoms with Crippen LogP contribution in [0.15, 0.2) is 53.8 Å². The third-order valence-corrected chi connectivity index (χ3v) is 3.40. The average Bonchev–Trinajstić information content (AvgIpc) is 2.73. The van der Waals surface area contributed by atoms with E-state index in [1.807, 2.05) is 26.2 Å². The van der Waals surface area contributed by atoms with Gasteiger partial charge >= 0.3 is 0 Å². The topological polar surface area (TPSA) is 31.9 Å². The van der Waals surface area contributed by atoms with Crippen LogP contribution in [-0.4, -0.2) is 29.0 Å². The summed E-state index contributed by atoms with van der Waals surface area (Å²) in [4.78, 5) is 8.89. The molecule has 1 N–H and O–H groups in total. The van der Waals surface area contributed by atoms with Crippen LogP contribution >= 0.6 is 0 Å². The van der Waals surface area contributed by atoms with Crippen LogP contribution in [0, 0.1) is 17.8 Å². The quantitative estimate of drug-likeness (QED) is 0.645. The highest BCUT2D eigenvalue weighted by atomic mass is 19.1. The number of nitrogens with one attached hydrogen (secondary N) is 1. The van der Waals surface area contributed by atoms with Crippen LogP contribution < -0.4 is 0 Å². The standard InChI is InChI=1S/C18H16FN3/c1-22(2)16-5-3-4-13(7-10-16)6-9-15-12-14-8-11-17(19)21-18(14)20-15/h4-5,7-8,10-12H,3H2,1-2H3,(H,20,21). The number of H-pyrrole nitrogens is 1. The summed E-state index contributed by atoms with van der Waals surface area (Å²) in [6.45, 7) is 0. The minimum Gasteiger partial charge on any atom is -0.378 e. The van der Waals surface area contributed by atoms with Gasteiger partial charge in [-0.2, -0.15) is 4.39 Å². The number of hydrogen-bond acceptors (Lipinski definition) is 2. The number of allylic oxidation sites excluding steroid dienone is 5. The van der Waals surface area contributed by atoms with E-state index in [0.29, 0.717) is 5.65 Å². The zero-order valence-electron chi connectivity index (χ0n) is 12.5. The number of halogens is 1. The molecular weight excluding hydrogens is 277 g/mol. The smallest absolute Gasteiger partial charge is 0.214 e. The molecule has 0 fully saturated rings. The Morgan fingerprint density at radius 1 is 1.18 bits per heavy atom. The molecule has 3 nitrogen and oxygen atoms in total. The summed E-state index contributed by atoms with van der Waals surface area (Å²) in [5, 5.41) is 0.854. The van der Waals surface area contributed by atoms with Gasteiger partial charge in [0.1, 0.15) is 5.65 Å². The zero-order valence-corrected chi connectivity index (χ0v) is 12.5. The summed E-state index contributed by atoms with van der Waals surface area (Å²) in [5.41, 5.74) is 3.38. The zero-order chi connectivity index (χ0) is 15.5. The lowest BCUT2D eigenvalue weighted by molar-refractivity contribution is 0.528. The first-order valence-electron chi connectivity index (χ1n) is 7.05. The second-order valence-electron chi connectivity index (χ2n) is 5.26. The van der Waals surface area contributed by atoms with E-state index in [1.54, 1.807) is 6.07 Å². The van der Waals surface area contributed by atoms with Crippen LogP contribution in [0.2, 0.25) is 0 Å². The Morgan fingerprint density at radius 3 is 2.86 bits per heavy atom. The van der Waals surface area contributed by atoms with E-state index in [-0.39, 0.29) is 0 Å². The maximum absolute atomic E-state index is 13.1. The number of fused-ring (bicyclic) bond motifs is 1. The molecular formula is C18H16FN3. The summed E-state index contributed by atoms with van der Waals surface area (Å²) in [6, 6.07) is 4.91. The van der Waals surface area contributed by atoms with Gasteiger partial charge in [0.05, 0.1) is 5.69 Å². The third kappa shape index (κ3) is 3.09. The molecule has 0 radical (unpaired) electrons. The highest BCUT2D eigenvalue weighted by Gasteiger charge is 2.02. The van der Waals surface area contributed by atoms with E-state index >= 15 is 0 Å². The molecule has 110 valence electrons. The number of pyridine rings is 1. The van der Waals surface area contributed by atoms with E-state index < -0.39 is 5.95 Å². The fourth-order valence-electron chi connectivity index (χ4n) is 2.23. The molecule has 2 aromatic heterocycles. The first-order chi connectivity index (χ1) is 10.6. The summed E-state index contributed by atoms with van der Waals surface area (Å²) in [6.07, 6.45) is 9.15. The predicted molar refractivity (Wildman–Crippen MR) is 86.5 cm³/mol. The molecule has 1 aliphatic rings. The van der Waals surface area contributed by atoms with Gasteiger partial charge in [0, 0.05) is 30.8 Å². The Hall–Kier alpha value is -2.80. The number of nitrogens with zero attached hydrogens (tertiary/aromatic N) is 2. The van der Waals surface area contributed by atoms with Crippen molar-refractivity contribution < 1.29 is 4.39 Å². The van der Waals surface area contributed by atoms with Gasteiger partial charge in [0.25, 0.3) is 0 Å². The van der Waals surface area contributed by atoms with Crippen molar-refractivity contribution in [3.8, 4) is 11.8 Å². The van der Waals surface area contributed by atoms with Crippen LogP contribution in [0.25, 0.3) is 11.0 Å². The van der Waals surface area contributed by atoms with Gasteiger partial charge in [0.2, 0.25) is 5.95 Å². The van der Waals surface area contributed by atoms with Gasteiger partial charge in [0.15, 0.2) is 0 Å². The highest BCUT2D eigenvalue weighted by molar-refractivity contribution is 5.77. The van der Waals surface area contributed by atoms with E-state index in [2.05, 4.69) is 44.9 Å². The molecule has 0 unspecified atom stereocenters. The molecule has 0 saturated heterocycles. The second kappa shape index (κ2) is 5.90. The van der Waals surface area contributed by atoms with Crippen LogP contribution in [0.4, 0.5) is 4.39 Å². The predicted octanol–water partition coefficient (Wildman–Crippen LogP) is 3.39. The Bertz CT molecular complexity index is 857. The molecule has 0 aromatic carbocycles. The second-order valence-corrected chi connectivity index (χ2v) is 5.26. The van der Waals surface area contributed by atoms with E-state index in [1.165, 1.54) is 11.8 Å². The molecule has 3 rings (SSSR count). The number of rotatable bonds is 1. The Morgan fingerprint density at radius 2 is 2.05 bits per heavy atom. The van der Waals surface area contributed by atoms with Crippen molar-refractivity contribution in [2.45, 2.75) is 6.42 Å². The molecule has 2 aromatic rings. The fraction of sp³-hybridized carbons (Fsp3) is 0.167. The Kier molecular flexibility index (Phi) is 3.80. The van der Waals surface area contributed by atoms with Gasteiger partial charge < -0.3 is 9.88 Å². The molecule has 1 aliphatic carbocycles. The number of likely N-dealkylation sites (N-methyl/N-ethyl adjacent to an activating group) is 1. The van der Waals surface area contributed by atoms with Gasteiger partial charge in [-0.25, -0.2) is 4.98 Å². The molecule has 0 aliphatic heterocycles. The average molecular weight is 293 g/mol. The minimum absolute atomic E-state index is 0.495. The number of aromatic nitrogens is 2. The molecule has 4 heteroatoms. The van der Waals surface area contributed by atoms with Crippen molar-refractivity contribution in [2.75, 3.05) is 14.1 Å². The van der Waals surface area contributed by atoms with Crippen molar-refractivity contribution in [1.29, 1.82) is 0 Å². The van der Waals surface area contributed by atoms with Gasteiger partial charge in [-0.15, -0.1) is 0 Å². The van der Waals surface area contributed by atoms with Crippen molar-refractivity contribution in [3.63, 3.8) is 0 Å². The highest BCUT2D eigenvalue weighted by Crippen LogP contribution is 2.14. The summed E-state index contributed by atoms with van der Waals surface area (Å²) >= 11 is 0. The summed E-state index contributed by atoms with van der Waals surface area (Å²) < 4.78 is 13.1. The molecule has 2 heterocycles. The van der Waals surface area contributed by atoms with E-state index in [4.69, 9.17) is 0 Å². The van der Waals surface area contributed by atoms with Crippen LogP contribution in [0.1, 0.15) is 12.1 Å². The number of hydrogen-bond donors (Lipinski definition) is 1. The number of aromatic amines is 1. The first kappa shape index (κ1) is 14.2. The van der Waals surface area contributed by atoms with Crippen molar-refractivity contribution >= 4 is 11.0 Å². The lowest BCUT2D eigenvalue weighted by Crippen LogP contribution is -2.08.